The van der Waals surface area contributed by atoms with E-state index < -0.39 is 11.9 Å². The van der Waals surface area contributed by atoms with Crippen LogP contribution in [-0.2, 0) is 14.3 Å². The molecule has 0 radical (unpaired) electrons. The fourth-order valence-corrected chi connectivity index (χ4v) is 4.65. The van der Waals surface area contributed by atoms with Gasteiger partial charge in [-0.2, -0.15) is 0 Å². The monoisotopic (exact) mass is 417 g/mol. The number of esters is 1. The summed E-state index contributed by atoms with van der Waals surface area (Å²) in [6.45, 7) is 3.89. The summed E-state index contributed by atoms with van der Waals surface area (Å²) in [6.07, 6.45) is 2.52. The molecule has 2 aromatic rings. The van der Waals surface area contributed by atoms with Crippen molar-refractivity contribution in [3.63, 3.8) is 0 Å². The second-order valence-corrected chi connectivity index (χ2v) is 8.19. The van der Waals surface area contributed by atoms with E-state index in [9.17, 15) is 9.59 Å². The molecule has 31 heavy (non-hydrogen) atoms. The molecule has 0 spiro atoms. The average Bonchev–Trinajstić information content (AvgIpc) is 2.78. The third kappa shape index (κ3) is 3.88. The van der Waals surface area contributed by atoms with Crippen molar-refractivity contribution >= 4 is 11.8 Å². The van der Waals surface area contributed by atoms with E-state index in [0.717, 1.165) is 33.8 Å². The van der Waals surface area contributed by atoms with Gasteiger partial charge < -0.3 is 14.8 Å². The molecule has 3 unspecified atom stereocenters. The van der Waals surface area contributed by atoms with Crippen molar-refractivity contribution in [3.05, 3.63) is 88.3 Å². The van der Waals surface area contributed by atoms with Crippen LogP contribution in [0.4, 0.5) is 0 Å². The minimum atomic E-state index is -0.435. The second kappa shape index (κ2) is 8.42. The van der Waals surface area contributed by atoms with E-state index in [1.54, 1.807) is 7.11 Å². The molecule has 160 valence electrons. The summed E-state index contributed by atoms with van der Waals surface area (Å²) >= 11 is 0. The van der Waals surface area contributed by atoms with Gasteiger partial charge in [-0.3, -0.25) is 4.79 Å². The van der Waals surface area contributed by atoms with Crippen LogP contribution in [0.25, 0.3) is 0 Å². The third-order valence-corrected chi connectivity index (χ3v) is 6.25. The Morgan fingerprint density at radius 2 is 1.58 bits per heavy atom. The normalized spacial score (nSPS) is 22.9. The molecule has 0 bridgehead atoms. The average molecular weight is 418 g/mol. The van der Waals surface area contributed by atoms with E-state index >= 15 is 0 Å². The molecular formula is C26H27NO4. The Bertz CT molecular complexity index is 1060. The Kier molecular flexibility index (Phi) is 5.68. The molecule has 4 rings (SSSR count). The molecular weight excluding hydrogens is 390 g/mol. The second-order valence-electron chi connectivity index (χ2n) is 8.19. The quantitative estimate of drug-likeness (QED) is 0.748. The molecule has 0 amide bonds. The van der Waals surface area contributed by atoms with Gasteiger partial charge in [0.15, 0.2) is 0 Å². The molecule has 3 atom stereocenters. The maximum atomic E-state index is 13.5. The van der Waals surface area contributed by atoms with E-state index in [0.29, 0.717) is 12.0 Å². The lowest BCUT2D eigenvalue weighted by molar-refractivity contribution is -0.136. The molecule has 0 saturated heterocycles. The molecule has 1 N–H and O–H groups in total. The number of methoxy groups -OCH3 is 2. The van der Waals surface area contributed by atoms with Crippen LogP contribution < -0.4 is 10.1 Å². The van der Waals surface area contributed by atoms with Crippen molar-refractivity contribution in [1.82, 2.24) is 5.32 Å². The Hall–Kier alpha value is -3.34. The number of carbonyl (C=O) groups is 2. The SMILES string of the molecule is COC(=O)C1=C(C)NC2=CC(c3ccc(OC)cc3)CC(=O)C2C1c1ccc(C)cc1. The highest BCUT2D eigenvalue weighted by Crippen LogP contribution is 2.46. The first-order valence-electron chi connectivity index (χ1n) is 10.4. The molecule has 1 aliphatic heterocycles. The number of aryl methyl sites for hydroxylation is 1. The zero-order chi connectivity index (χ0) is 22.1. The number of ether oxygens (including phenoxy) is 2. The predicted molar refractivity (Wildman–Crippen MR) is 119 cm³/mol. The number of rotatable bonds is 4. The molecule has 0 aromatic heterocycles. The summed E-state index contributed by atoms with van der Waals surface area (Å²) < 4.78 is 10.3. The van der Waals surface area contributed by atoms with Gasteiger partial charge in [-0.15, -0.1) is 0 Å². The fraction of sp³-hybridized carbons (Fsp3) is 0.308. The summed E-state index contributed by atoms with van der Waals surface area (Å²) in [7, 11) is 3.01. The zero-order valence-electron chi connectivity index (χ0n) is 18.3. The highest BCUT2D eigenvalue weighted by atomic mass is 16.5. The van der Waals surface area contributed by atoms with Crippen LogP contribution in [0.15, 0.2) is 71.6 Å². The lowest BCUT2D eigenvalue weighted by atomic mass is 9.68. The van der Waals surface area contributed by atoms with Crippen molar-refractivity contribution in [1.29, 1.82) is 0 Å². The van der Waals surface area contributed by atoms with Crippen LogP contribution in [0.2, 0.25) is 0 Å². The number of hydrogen-bond donors (Lipinski definition) is 1. The van der Waals surface area contributed by atoms with Gasteiger partial charge in [0.1, 0.15) is 11.5 Å². The Labute approximate surface area is 182 Å². The molecule has 0 fully saturated rings. The van der Waals surface area contributed by atoms with Gasteiger partial charge in [-0.05, 0) is 37.1 Å². The smallest absolute Gasteiger partial charge is 0.336 e. The number of hydrogen-bond acceptors (Lipinski definition) is 5. The first-order chi connectivity index (χ1) is 14.9. The van der Waals surface area contributed by atoms with Crippen LogP contribution in [0.5, 0.6) is 5.75 Å². The van der Waals surface area contributed by atoms with Crippen molar-refractivity contribution < 1.29 is 19.1 Å². The maximum Gasteiger partial charge on any atom is 0.336 e. The summed E-state index contributed by atoms with van der Waals surface area (Å²) in [5.41, 5.74) is 5.23. The standard InChI is InChI=1S/C26H27NO4/c1-15-5-7-18(8-6-15)24-23(26(29)31-4)16(2)27-21-13-19(14-22(28)25(21)24)17-9-11-20(30-3)12-10-17/h5-13,19,24-25,27H,14H2,1-4H3. The summed E-state index contributed by atoms with van der Waals surface area (Å²) in [6, 6.07) is 15.8. The first kappa shape index (κ1) is 20.9. The van der Waals surface area contributed by atoms with Gasteiger partial charge in [-0.1, -0.05) is 48.0 Å². The molecule has 2 aromatic carbocycles. The first-order valence-corrected chi connectivity index (χ1v) is 10.4. The summed E-state index contributed by atoms with van der Waals surface area (Å²) in [4.78, 5) is 26.2. The summed E-state index contributed by atoms with van der Waals surface area (Å²) in [5, 5.41) is 3.34. The molecule has 5 heteroatoms. The number of Topliss-reactive ketones (excluding diaryl/α,β-unsaturated/α-hetero) is 1. The summed E-state index contributed by atoms with van der Waals surface area (Å²) in [5.74, 6) is -0.332. The van der Waals surface area contributed by atoms with Crippen molar-refractivity contribution in [2.75, 3.05) is 14.2 Å². The molecule has 1 aliphatic carbocycles. The zero-order valence-corrected chi connectivity index (χ0v) is 18.3. The van der Waals surface area contributed by atoms with Crippen LogP contribution in [0.1, 0.15) is 41.9 Å². The molecule has 0 saturated carbocycles. The maximum absolute atomic E-state index is 13.5. The largest absolute Gasteiger partial charge is 0.497 e. The highest BCUT2D eigenvalue weighted by molar-refractivity contribution is 5.96. The Balaban J connectivity index is 1.79. The number of benzene rings is 2. The molecule has 5 nitrogen and oxygen atoms in total. The van der Waals surface area contributed by atoms with Crippen LogP contribution in [-0.4, -0.2) is 26.0 Å². The van der Waals surface area contributed by atoms with Crippen molar-refractivity contribution in [2.45, 2.75) is 32.1 Å². The van der Waals surface area contributed by atoms with Gasteiger partial charge in [0.05, 0.1) is 25.7 Å². The van der Waals surface area contributed by atoms with Gasteiger partial charge in [-0.25, -0.2) is 4.79 Å². The van der Waals surface area contributed by atoms with Crippen LogP contribution in [0.3, 0.4) is 0 Å². The lowest BCUT2D eigenvalue weighted by Crippen LogP contribution is -2.41. The Morgan fingerprint density at radius 1 is 0.935 bits per heavy atom. The Morgan fingerprint density at radius 3 is 2.19 bits per heavy atom. The topological polar surface area (TPSA) is 64.6 Å². The highest BCUT2D eigenvalue weighted by Gasteiger charge is 2.44. The number of fused-ring (bicyclic) bond motifs is 1. The predicted octanol–water partition coefficient (Wildman–Crippen LogP) is 4.39. The van der Waals surface area contributed by atoms with Gasteiger partial charge in [0.2, 0.25) is 0 Å². The van der Waals surface area contributed by atoms with E-state index in [1.165, 1.54) is 7.11 Å². The minimum absolute atomic E-state index is 0.0247. The van der Waals surface area contributed by atoms with Crippen LogP contribution >= 0.6 is 0 Å². The van der Waals surface area contributed by atoms with E-state index in [-0.39, 0.29) is 17.6 Å². The fourth-order valence-electron chi connectivity index (χ4n) is 4.65. The van der Waals surface area contributed by atoms with E-state index in [4.69, 9.17) is 9.47 Å². The number of nitrogens with one attached hydrogen (secondary N) is 1. The molecule has 1 heterocycles. The van der Waals surface area contributed by atoms with E-state index in [2.05, 4.69) is 11.4 Å². The number of allylic oxidation sites excluding steroid dienone is 3. The van der Waals surface area contributed by atoms with Gasteiger partial charge in [0, 0.05) is 29.7 Å². The molecule has 2 aliphatic rings. The van der Waals surface area contributed by atoms with Crippen molar-refractivity contribution in [2.24, 2.45) is 5.92 Å². The number of carbonyl (C=O) groups excluding carboxylic acids is 2. The minimum Gasteiger partial charge on any atom is -0.497 e. The van der Waals surface area contributed by atoms with Crippen LogP contribution in [0, 0.1) is 12.8 Å². The van der Waals surface area contributed by atoms with Crippen molar-refractivity contribution in [3.8, 4) is 5.75 Å². The van der Waals surface area contributed by atoms with E-state index in [1.807, 2.05) is 62.4 Å². The lowest BCUT2D eigenvalue weighted by Gasteiger charge is -2.39. The van der Waals surface area contributed by atoms with Gasteiger partial charge >= 0.3 is 5.97 Å². The third-order valence-electron chi connectivity index (χ3n) is 6.25. The van der Waals surface area contributed by atoms with Gasteiger partial charge in [0.25, 0.3) is 0 Å². The number of ketones is 1.